The monoisotopic (exact) mass is 392 g/mol. The first-order valence-corrected chi connectivity index (χ1v) is 10.4. The van der Waals surface area contributed by atoms with Crippen molar-refractivity contribution < 1.29 is 9.90 Å². The Morgan fingerprint density at radius 3 is 2.54 bits per heavy atom. The lowest BCUT2D eigenvalue weighted by molar-refractivity contribution is -0.121. The molecule has 0 unspecified atom stereocenters. The number of nitrogens with zero attached hydrogens (tertiary/aromatic N) is 2. The minimum absolute atomic E-state index is 0.0426. The van der Waals surface area contributed by atoms with Crippen molar-refractivity contribution in [2.24, 2.45) is 5.10 Å². The van der Waals surface area contributed by atoms with Crippen LogP contribution in [0.15, 0.2) is 14.7 Å². The molecule has 3 N–H and O–H groups in total. The lowest BCUT2D eigenvalue weighted by Crippen LogP contribution is -2.37. The van der Waals surface area contributed by atoms with Gasteiger partial charge in [-0.25, -0.2) is 10.2 Å². The highest BCUT2D eigenvalue weighted by Crippen LogP contribution is 2.30. The standard InChI is InChI=1S/C20H32N4O4/c1-3-5-6-10-13-16(25)23-22-15(4-2)17-18(26)21-20(28)24(19(17)27)14-11-8-7-9-12-14/h14,27H,3-13H2,1-2H3,(H,23,25)(H,21,26,28)/b22-15+. The number of aromatic amines is 1. The number of aromatic nitrogens is 2. The van der Waals surface area contributed by atoms with Gasteiger partial charge in [-0.05, 0) is 25.7 Å². The molecule has 1 aromatic heterocycles. The lowest BCUT2D eigenvalue weighted by atomic mass is 9.95. The molecule has 0 atom stereocenters. The van der Waals surface area contributed by atoms with Gasteiger partial charge >= 0.3 is 5.69 Å². The Bertz CT molecular complexity index is 803. The second kappa shape index (κ2) is 10.8. The van der Waals surface area contributed by atoms with E-state index in [1.165, 1.54) is 4.57 Å². The number of amides is 1. The van der Waals surface area contributed by atoms with Crippen molar-refractivity contribution >= 4 is 11.6 Å². The number of rotatable bonds is 9. The van der Waals surface area contributed by atoms with Crippen LogP contribution in [0, 0.1) is 0 Å². The highest BCUT2D eigenvalue weighted by Gasteiger charge is 2.24. The maximum atomic E-state index is 12.4. The first kappa shape index (κ1) is 21.9. The smallest absolute Gasteiger partial charge is 0.331 e. The van der Waals surface area contributed by atoms with Gasteiger partial charge in [0.25, 0.3) is 5.56 Å². The van der Waals surface area contributed by atoms with E-state index in [1.807, 2.05) is 0 Å². The van der Waals surface area contributed by atoms with Crippen LogP contribution >= 0.6 is 0 Å². The molecule has 8 nitrogen and oxygen atoms in total. The molecule has 0 bridgehead atoms. The van der Waals surface area contributed by atoms with E-state index in [-0.39, 0.29) is 29.1 Å². The third kappa shape index (κ3) is 5.56. The topological polar surface area (TPSA) is 117 Å². The predicted molar refractivity (Wildman–Crippen MR) is 109 cm³/mol. The summed E-state index contributed by atoms with van der Waals surface area (Å²) in [5, 5.41) is 14.8. The Kier molecular flexibility index (Phi) is 8.47. The molecule has 2 rings (SSSR count). The number of unbranched alkanes of at least 4 members (excludes halogenated alkanes) is 3. The average Bonchev–Trinajstić information content (AvgIpc) is 2.68. The van der Waals surface area contributed by atoms with Gasteiger partial charge in [0.15, 0.2) is 0 Å². The average molecular weight is 393 g/mol. The molecule has 1 aromatic rings. The van der Waals surface area contributed by atoms with Crippen molar-refractivity contribution in [1.82, 2.24) is 15.0 Å². The molecule has 8 heteroatoms. The lowest BCUT2D eigenvalue weighted by Gasteiger charge is -2.25. The fourth-order valence-corrected chi connectivity index (χ4v) is 3.69. The van der Waals surface area contributed by atoms with Gasteiger partial charge in [0.05, 0.1) is 5.71 Å². The summed E-state index contributed by atoms with van der Waals surface area (Å²) in [5.74, 6) is -0.586. The van der Waals surface area contributed by atoms with E-state index >= 15 is 0 Å². The van der Waals surface area contributed by atoms with Crippen LogP contribution in [0.1, 0.15) is 96.1 Å². The molecule has 1 aliphatic carbocycles. The van der Waals surface area contributed by atoms with Crippen LogP contribution in [-0.4, -0.2) is 26.3 Å². The summed E-state index contributed by atoms with van der Waals surface area (Å²) >= 11 is 0. The fraction of sp³-hybridized carbons (Fsp3) is 0.700. The normalized spacial score (nSPS) is 15.6. The second-order valence-electron chi connectivity index (χ2n) is 7.38. The Hall–Kier alpha value is -2.38. The molecular formula is C20H32N4O4. The molecule has 1 heterocycles. The number of carbonyl (C=O) groups is 1. The zero-order valence-corrected chi connectivity index (χ0v) is 16.9. The zero-order valence-electron chi connectivity index (χ0n) is 16.9. The Morgan fingerprint density at radius 2 is 1.89 bits per heavy atom. The van der Waals surface area contributed by atoms with Crippen molar-refractivity contribution in [1.29, 1.82) is 0 Å². The molecule has 0 aromatic carbocycles. The van der Waals surface area contributed by atoms with E-state index in [0.29, 0.717) is 12.8 Å². The van der Waals surface area contributed by atoms with E-state index in [9.17, 15) is 19.5 Å². The van der Waals surface area contributed by atoms with Crippen molar-refractivity contribution in [3.8, 4) is 5.88 Å². The van der Waals surface area contributed by atoms with E-state index in [4.69, 9.17) is 0 Å². The van der Waals surface area contributed by atoms with Gasteiger partial charge in [-0.15, -0.1) is 0 Å². The summed E-state index contributed by atoms with van der Waals surface area (Å²) in [6.45, 7) is 3.88. The predicted octanol–water partition coefficient (Wildman–Crippen LogP) is 2.95. The summed E-state index contributed by atoms with van der Waals surface area (Å²) in [6, 6.07) is -0.136. The van der Waals surface area contributed by atoms with Crippen molar-refractivity contribution in [3.63, 3.8) is 0 Å². The van der Waals surface area contributed by atoms with Gasteiger partial charge < -0.3 is 5.11 Å². The van der Waals surface area contributed by atoms with Gasteiger partial charge in [-0.2, -0.15) is 5.10 Å². The number of aromatic hydroxyl groups is 1. The van der Waals surface area contributed by atoms with Crippen molar-refractivity contribution in [2.75, 3.05) is 0 Å². The molecule has 156 valence electrons. The molecule has 0 aliphatic heterocycles. The van der Waals surface area contributed by atoms with Gasteiger partial charge in [0, 0.05) is 12.5 Å². The highest BCUT2D eigenvalue weighted by molar-refractivity contribution is 6.02. The molecule has 1 amide bonds. The Morgan fingerprint density at radius 1 is 1.18 bits per heavy atom. The summed E-state index contributed by atoms with van der Waals surface area (Å²) in [6.07, 6.45) is 9.28. The molecule has 0 radical (unpaired) electrons. The van der Waals surface area contributed by atoms with Crippen molar-refractivity contribution in [2.45, 2.75) is 90.5 Å². The van der Waals surface area contributed by atoms with E-state index in [0.717, 1.165) is 57.8 Å². The van der Waals surface area contributed by atoms with Crippen LogP contribution in [0.2, 0.25) is 0 Å². The summed E-state index contributed by atoms with van der Waals surface area (Å²) in [5.41, 5.74) is 1.40. The first-order chi connectivity index (χ1) is 13.5. The fourth-order valence-electron chi connectivity index (χ4n) is 3.69. The third-order valence-corrected chi connectivity index (χ3v) is 5.25. The first-order valence-electron chi connectivity index (χ1n) is 10.4. The van der Waals surface area contributed by atoms with Gasteiger partial charge in [0.2, 0.25) is 11.8 Å². The van der Waals surface area contributed by atoms with Crippen LogP contribution in [0.3, 0.4) is 0 Å². The quantitative estimate of drug-likeness (QED) is 0.340. The SMILES string of the molecule is CCCCCCC(=O)N/N=C(\CC)c1c(O)n(C2CCCCC2)c(=O)[nH]c1=O. The molecule has 28 heavy (non-hydrogen) atoms. The minimum atomic E-state index is -0.688. The largest absolute Gasteiger partial charge is 0.494 e. The minimum Gasteiger partial charge on any atom is -0.494 e. The number of carbonyl (C=O) groups excluding carboxylic acids is 1. The van der Waals surface area contributed by atoms with Gasteiger partial charge in [-0.3, -0.25) is 19.1 Å². The van der Waals surface area contributed by atoms with Gasteiger partial charge in [0.1, 0.15) is 5.56 Å². The number of hydrazone groups is 1. The molecular weight excluding hydrogens is 360 g/mol. The maximum Gasteiger partial charge on any atom is 0.331 e. The number of H-pyrrole nitrogens is 1. The highest BCUT2D eigenvalue weighted by atomic mass is 16.3. The second-order valence-corrected chi connectivity index (χ2v) is 7.38. The zero-order chi connectivity index (χ0) is 20.5. The summed E-state index contributed by atoms with van der Waals surface area (Å²) in [4.78, 5) is 38.9. The molecule has 1 aliphatic rings. The number of hydrogen-bond donors (Lipinski definition) is 3. The van der Waals surface area contributed by atoms with Crippen molar-refractivity contribution in [3.05, 3.63) is 26.4 Å². The van der Waals surface area contributed by atoms with Crippen LogP contribution in [0.25, 0.3) is 0 Å². The van der Waals surface area contributed by atoms with Crippen LogP contribution < -0.4 is 16.7 Å². The number of nitrogens with one attached hydrogen (secondary N) is 2. The maximum absolute atomic E-state index is 12.4. The Balaban J connectivity index is 2.24. The van der Waals surface area contributed by atoms with E-state index in [1.54, 1.807) is 6.92 Å². The molecule has 1 fully saturated rings. The molecule has 0 spiro atoms. The summed E-state index contributed by atoms with van der Waals surface area (Å²) < 4.78 is 1.27. The third-order valence-electron chi connectivity index (χ3n) is 5.25. The van der Waals surface area contributed by atoms with E-state index in [2.05, 4.69) is 22.4 Å². The molecule has 1 saturated carbocycles. The molecule has 0 saturated heterocycles. The van der Waals surface area contributed by atoms with Crippen LogP contribution in [-0.2, 0) is 4.79 Å². The van der Waals surface area contributed by atoms with E-state index < -0.39 is 11.2 Å². The number of hydrogen-bond acceptors (Lipinski definition) is 5. The van der Waals surface area contributed by atoms with Crippen LogP contribution in [0.5, 0.6) is 5.88 Å². The van der Waals surface area contributed by atoms with Gasteiger partial charge in [-0.1, -0.05) is 52.4 Å². The van der Waals surface area contributed by atoms with Crippen LogP contribution in [0.4, 0.5) is 0 Å². The Labute approximate surface area is 165 Å². The summed E-state index contributed by atoms with van der Waals surface area (Å²) in [7, 11) is 0.